The Morgan fingerprint density at radius 3 is 2.94 bits per heavy atom. The Morgan fingerprint density at radius 2 is 2.35 bits per heavy atom. The molecule has 8 heteroatoms. The Labute approximate surface area is 115 Å². The molecule has 2 N–H and O–H groups in total. The van der Waals surface area contributed by atoms with Gasteiger partial charge in [0.2, 0.25) is 0 Å². The van der Waals surface area contributed by atoms with Gasteiger partial charge in [-0.05, 0) is 22.6 Å². The number of rotatable bonds is 2. The second-order valence-electron chi connectivity index (χ2n) is 3.73. The van der Waals surface area contributed by atoms with E-state index in [0.717, 1.165) is 0 Å². The lowest BCUT2D eigenvalue weighted by Gasteiger charge is -2.14. The minimum absolute atomic E-state index is 0.160. The van der Waals surface area contributed by atoms with E-state index in [2.05, 4.69) is 4.98 Å². The van der Waals surface area contributed by atoms with Gasteiger partial charge in [-0.1, -0.05) is 0 Å². The van der Waals surface area contributed by atoms with E-state index in [-0.39, 0.29) is 12.3 Å². The molecular weight excluding hydrogens is 362 g/mol. The van der Waals surface area contributed by atoms with Gasteiger partial charge in [0.25, 0.3) is 5.56 Å². The minimum atomic E-state index is -0.700. The summed E-state index contributed by atoms with van der Waals surface area (Å²) in [6.45, 7) is 0. The number of hydrogen-bond donors (Lipinski definition) is 2. The lowest BCUT2D eigenvalue weighted by molar-refractivity contribution is -0.00835. The van der Waals surface area contributed by atoms with Crippen molar-refractivity contribution in [2.45, 2.75) is 24.9 Å². The van der Waals surface area contributed by atoms with Crippen molar-refractivity contribution in [2.75, 3.05) is 5.88 Å². The number of hydrogen-bond acceptors (Lipinski definition) is 4. The van der Waals surface area contributed by atoms with Gasteiger partial charge in [-0.2, -0.15) is 0 Å². The summed E-state index contributed by atoms with van der Waals surface area (Å²) in [6.07, 6.45) is -0.0893. The number of alkyl halides is 1. The van der Waals surface area contributed by atoms with Crippen molar-refractivity contribution < 1.29 is 9.84 Å². The van der Waals surface area contributed by atoms with E-state index < -0.39 is 29.7 Å². The van der Waals surface area contributed by atoms with Crippen LogP contribution in [0.5, 0.6) is 0 Å². The van der Waals surface area contributed by atoms with Crippen LogP contribution in [0.1, 0.15) is 12.6 Å². The standard InChI is InChI=1S/C9H10ClIN2O4/c10-2-6-5(14)1-7(17-6)13-3-4(11)8(15)12-9(13)16/h3,5-7,14H,1-2H2,(H,12,15,16)/t5-,6+,7+/m0/s1. The van der Waals surface area contributed by atoms with E-state index in [1.165, 1.54) is 10.8 Å². The van der Waals surface area contributed by atoms with Gasteiger partial charge >= 0.3 is 5.69 Å². The Hall–Kier alpha value is -0.380. The predicted molar refractivity (Wildman–Crippen MR) is 69.3 cm³/mol. The van der Waals surface area contributed by atoms with Gasteiger partial charge in [0.05, 0.1) is 21.7 Å². The Kier molecular flexibility index (Phi) is 3.91. The van der Waals surface area contributed by atoms with Crippen LogP contribution in [-0.4, -0.2) is 32.7 Å². The second kappa shape index (κ2) is 5.09. The van der Waals surface area contributed by atoms with Crippen LogP contribution < -0.4 is 11.2 Å². The first-order valence-electron chi connectivity index (χ1n) is 4.93. The predicted octanol–water partition coefficient (Wildman–Crippen LogP) is 0.0284. The first-order valence-corrected chi connectivity index (χ1v) is 6.54. The Morgan fingerprint density at radius 1 is 1.65 bits per heavy atom. The van der Waals surface area contributed by atoms with Crippen molar-refractivity contribution >= 4 is 34.2 Å². The number of aliphatic hydroxyl groups excluding tert-OH is 1. The van der Waals surface area contributed by atoms with Gasteiger partial charge in [-0.25, -0.2) is 4.79 Å². The lowest BCUT2D eigenvalue weighted by atomic mass is 10.2. The van der Waals surface area contributed by atoms with Crippen LogP contribution in [0.4, 0.5) is 0 Å². The summed E-state index contributed by atoms with van der Waals surface area (Å²) in [5.74, 6) is 0.160. The van der Waals surface area contributed by atoms with Gasteiger partial charge in [0.1, 0.15) is 6.23 Å². The fraction of sp³-hybridized carbons (Fsp3) is 0.556. The summed E-state index contributed by atoms with van der Waals surface area (Å²) in [4.78, 5) is 25.0. The molecule has 0 saturated carbocycles. The molecule has 0 spiro atoms. The average Bonchev–Trinajstić information content (AvgIpc) is 2.65. The molecule has 1 saturated heterocycles. The molecule has 1 aromatic heterocycles. The molecular formula is C9H10ClIN2O4. The highest BCUT2D eigenvalue weighted by atomic mass is 127. The van der Waals surface area contributed by atoms with Crippen LogP contribution in [0.15, 0.2) is 15.8 Å². The zero-order valence-corrected chi connectivity index (χ0v) is 11.5. The van der Waals surface area contributed by atoms with Gasteiger partial charge in [0.15, 0.2) is 0 Å². The van der Waals surface area contributed by atoms with Crippen molar-refractivity contribution in [3.63, 3.8) is 0 Å². The quantitative estimate of drug-likeness (QED) is 0.567. The molecule has 2 heterocycles. The molecule has 0 radical (unpaired) electrons. The molecule has 0 aromatic carbocycles. The fourth-order valence-electron chi connectivity index (χ4n) is 1.70. The molecule has 1 aromatic rings. The smallest absolute Gasteiger partial charge is 0.330 e. The number of ether oxygens (including phenoxy) is 1. The Balaban J connectivity index is 2.34. The van der Waals surface area contributed by atoms with Gasteiger partial charge in [0, 0.05) is 12.6 Å². The van der Waals surface area contributed by atoms with Crippen molar-refractivity contribution in [2.24, 2.45) is 0 Å². The summed E-state index contributed by atoms with van der Waals surface area (Å²) in [5, 5.41) is 9.64. The maximum atomic E-state index is 11.6. The fourth-order valence-corrected chi connectivity index (χ4v) is 2.41. The van der Waals surface area contributed by atoms with E-state index in [9.17, 15) is 14.7 Å². The van der Waals surface area contributed by atoms with Crippen LogP contribution in [0.25, 0.3) is 0 Å². The number of nitrogens with one attached hydrogen (secondary N) is 1. The first-order chi connectivity index (χ1) is 8.02. The molecule has 0 unspecified atom stereocenters. The van der Waals surface area contributed by atoms with E-state index >= 15 is 0 Å². The molecule has 94 valence electrons. The number of halogens is 2. The average molecular weight is 373 g/mol. The van der Waals surface area contributed by atoms with Gasteiger partial charge in [-0.15, -0.1) is 11.6 Å². The van der Waals surface area contributed by atoms with Crippen LogP contribution in [-0.2, 0) is 4.74 Å². The van der Waals surface area contributed by atoms with Crippen molar-refractivity contribution in [3.8, 4) is 0 Å². The van der Waals surface area contributed by atoms with Crippen LogP contribution >= 0.6 is 34.2 Å². The summed E-state index contributed by atoms with van der Waals surface area (Å²) < 4.78 is 7.09. The number of aromatic nitrogens is 2. The van der Waals surface area contributed by atoms with Crippen LogP contribution in [0.2, 0.25) is 0 Å². The van der Waals surface area contributed by atoms with E-state index in [0.29, 0.717) is 3.57 Å². The zero-order valence-electron chi connectivity index (χ0n) is 8.60. The summed E-state index contributed by atoms with van der Waals surface area (Å²) in [6, 6.07) is 0. The molecule has 2 rings (SSSR count). The van der Waals surface area contributed by atoms with E-state index in [1.54, 1.807) is 0 Å². The molecule has 3 atom stereocenters. The normalized spacial score (nSPS) is 28.5. The summed E-state index contributed by atoms with van der Waals surface area (Å²) in [5.41, 5.74) is -0.984. The number of aliphatic hydroxyl groups is 1. The van der Waals surface area contributed by atoms with Crippen molar-refractivity contribution in [1.82, 2.24) is 9.55 Å². The monoisotopic (exact) mass is 372 g/mol. The third kappa shape index (κ3) is 2.56. The SMILES string of the molecule is O=c1[nH]c(=O)n([C@H]2C[C@H](O)[C@@H](CCl)O2)cc1I. The lowest BCUT2D eigenvalue weighted by Crippen LogP contribution is -2.33. The third-order valence-corrected chi connectivity index (χ3v) is 3.66. The summed E-state index contributed by atoms with van der Waals surface area (Å²) >= 11 is 7.45. The van der Waals surface area contributed by atoms with Crippen molar-refractivity contribution in [1.29, 1.82) is 0 Å². The number of aromatic amines is 1. The number of H-pyrrole nitrogens is 1. The largest absolute Gasteiger partial charge is 0.390 e. The van der Waals surface area contributed by atoms with Crippen LogP contribution in [0, 0.1) is 3.57 Å². The van der Waals surface area contributed by atoms with Gasteiger partial charge < -0.3 is 9.84 Å². The molecule has 0 aliphatic carbocycles. The Bertz CT molecular complexity index is 528. The molecule has 6 nitrogen and oxygen atoms in total. The van der Waals surface area contributed by atoms with Gasteiger partial charge in [-0.3, -0.25) is 14.3 Å². The highest BCUT2D eigenvalue weighted by Gasteiger charge is 2.34. The van der Waals surface area contributed by atoms with E-state index in [4.69, 9.17) is 16.3 Å². The second-order valence-corrected chi connectivity index (χ2v) is 5.20. The maximum Gasteiger partial charge on any atom is 0.330 e. The highest BCUT2D eigenvalue weighted by Crippen LogP contribution is 2.28. The number of nitrogens with zero attached hydrogens (tertiary/aromatic N) is 1. The zero-order chi connectivity index (χ0) is 12.6. The molecule has 1 aliphatic rings. The van der Waals surface area contributed by atoms with Crippen molar-refractivity contribution in [3.05, 3.63) is 30.6 Å². The molecule has 1 aliphatic heterocycles. The molecule has 1 fully saturated rings. The molecule has 0 amide bonds. The topological polar surface area (TPSA) is 84.3 Å². The molecule has 0 bridgehead atoms. The minimum Gasteiger partial charge on any atom is -0.390 e. The molecule has 17 heavy (non-hydrogen) atoms. The highest BCUT2D eigenvalue weighted by molar-refractivity contribution is 14.1. The third-order valence-electron chi connectivity index (χ3n) is 2.59. The van der Waals surface area contributed by atoms with E-state index in [1.807, 2.05) is 22.6 Å². The van der Waals surface area contributed by atoms with Crippen LogP contribution in [0.3, 0.4) is 0 Å². The first kappa shape index (κ1) is 13.1. The maximum absolute atomic E-state index is 11.6. The summed E-state index contributed by atoms with van der Waals surface area (Å²) in [7, 11) is 0.